The minimum Gasteiger partial charge on any atom is -0.507 e. The maximum atomic E-state index is 11.6. The van der Waals surface area contributed by atoms with Gasteiger partial charge in [0.25, 0.3) is 0 Å². The van der Waals surface area contributed by atoms with E-state index in [1.807, 2.05) is 24.3 Å². The zero-order valence-corrected chi connectivity index (χ0v) is 28.5. The van der Waals surface area contributed by atoms with Crippen LogP contribution in [-0.2, 0) is 35.2 Å². The number of aromatic hydroxyl groups is 2. The quantitative estimate of drug-likeness (QED) is 0.203. The molecule has 6 atom stereocenters. The van der Waals surface area contributed by atoms with Gasteiger partial charge in [0.15, 0.2) is 0 Å². The molecule has 0 saturated heterocycles. The summed E-state index contributed by atoms with van der Waals surface area (Å²) in [6.45, 7) is 0. The summed E-state index contributed by atoms with van der Waals surface area (Å²) in [6.07, 6.45) is 9.66. The molecule has 0 aromatic heterocycles. The fourth-order valence-electron chi connectivity index (χ4n) is 9.06. The Balaban J connectivity index is 0.991. The zero-order chi connectivity index (χ0) is 33.9. The third-order valence-electron chi connectivity index (χ3n) is 11.5. The summed E-state index contributed by atoms with van der Waals surface area (Å²) < 4.78 is 24.7. The molecular formula is C42H42N2O6. The number of phenolic OH excluding ortho intramolecular Hbond substituents is 2. The maximum Gasteiger partial charge on any atom is 0.128 e. The summed E-state index contributed by atoms with van der Waals surface area (Å²) in [5, 5.41) is 23.2. The average molecular weight is 671 g/mol. The van der Waals surface area contributed by atoms with Crippen LogP contribution in [0.4, 0.5) is 0 Å². The normalized spacial score (nSPS) is 26.2. The number of fused-ring (bicyclic) bond motifs is 12. The minimum absolute atomic E-state index is 0.0538. The second-order valence-electron chi connectivity index (χ2n) is 14.2. The molecule has 8 heteroatoms. The molecule has 0 unspecified atom stereocenters. The van der Waals surface area contributed by atoms with Crippen molar-refractivity contribution in [3.8, 4) is 23.0 Å². The van der Waals surface area contributed by atoms with Gasteiger partial charge in [0.05, 0.1) is 50.7 Å². The lowest BCUT2D eigenvalue weighted by Crippen LogP contribution is -2.28. The van der Waals surface area contributed by atoms with Gasteiger partial charge in [-0.2, -0.15) is 0 Å². The van der Waals surface area contributed by atoms with Crippen molar-refractivity contribution in [2.45, 2.75) is 87.9 Å². The number of hydrogen-bond acceptors (Lipinski definition) is 8. The number of methoxy groups -OCH3 is 2. The van der Waals surface area contributed by atoms with Crippen LogP contribution in [0.1, 0.15) is 106 Å². The standard InChI is InChI=1S/C42H42N2O6/c1-47-35-17-25(41(45)29-19-33-27-11-5-3-9-23(27)15-37(49-33)39(29)35)21-43-31-13-7-8-14-32(31)44-22-26-18-36(48-2)40-30(42(26)46)20-34-28-12-6-4-10-24(28)16-38(40)50-34/h3-6,9-12,17-18,21-22,31-34,37-38,45-46H,7-8,13-16,19-20H2,1-2H3/t31-,32-,33-,34-,37-,38-/m1/s1. The van der Waals surface area contributed by atoms with E-state index in [0.717, 1.165) is 72.3 Å². The molecule has 50 heavy (non-hydrogen) atoms. The fourth-order valence-corrected chi connectivity index (χ4v) is 9.06. The maximum absolute atomic E-state index is 11.6. The summed E-state index contributed by atoms with van der Waals surface area (Å²) in [4.78, 5) is 10.1. The first-order valence-electron chi connectivity index (χ1n) is 17.9. The summed E-state index contributed by atoms with van der Waals surface area (Å²) in [7, 11) is 3.34. The Morgan fingerprint density at radius 2 is 1.06 bits per heavy atom. The topological polar surface area (TPSA) is 102 Å². The van der Waals surface area contributed by atoms with E-state index in [4.69, 9.17) is 28.9 Å². The van der Waals surface area contributed by atoms with Crippen LogP contribution >= 0.6 is 0 Å². The van der Waals surface area contributed by atoms with Gasteiger partial charge in [0.2, 0.25) is 0 Å². The Morgan fingerprint density at radius 1 is 0.620 bits per heavy atom. The highest BCUT2D eigenvalue weighted by atomic mass is 16.5. The van der Waals surface area contributed by atoms with Crippen LogP contribution in [0.5, 0.6) is 23.0 Å². The van der Waals surface area contributed by atoms with E-state index < -0.39 is 0 Å². The van der Waals surface area contributed by atoms with Crippen molar-refractivity contribution in [1.29, 1.82) is 0 Å². The molecule has 1 aliphatic carbocycles. The smallest absolute Gasteiger partial charge is 0.128 e. The van der Waals surface area contributed by atoms with Gasteiger partial charge >= 0.3 is 0 Å². The molecule has 4 bridgehead atoms. The Bertz CT molecular complexity index is 1890. The molecule has 4 aromatic rings. The largest absolute Gasteiger partial charge is 0.507 e. The molecule has 1 fully saturated rings. The lowest BCUT2D eigenvalue weighted by atomic mass is 9.80. The van der Waals surface area contributed by atoms with Gasteiger partial charge in [-0.3, -0.25) is 9.98 Å². The van der Waals surface area contributed by atoms with E-state index in [-0.39, 0.29) is 48.0 Å². The molecule has 4 aromatic carbocycles. The first-order chi connectivity index (χ1) is 24.5. The highest BCUT2D eigenvalue weighted by Crippen LogP contribution is 2.52. The van der Waals surface area contributed by atoms with Crippen molar-refractivity contribution >= 4 is 12.4 Å². The molecule has 8 nitrogen and oxygen atoms in total. The molecule has 5 aliphatic rings. The van der Waals surface area contributed by atoms with Crippen molar-refractivity contribution < 1.29 is 29.2 Å². The van der Waals surface area contributed by atoms with Crippen LogP contribution < -0.4 is 9.47 Å². The number of hydrogen-bond donors (Lipinski definition) is 2. The van der Waals surface area contributed by atoms with Crippen molar-refractivity contribution in [1.82, 2.24) is 0 Å². The van der Waals surface area contributed by atoms with E-state index in [9.17, 15) is 10.2 Å². The minimum atomic E-state index is -0.163. The van der Waals surface area contributed by atoms with Crippen LogP contribution in [0, 0.1) is 0 Å². The Labute approximate surface area is 292 Å². The van der Waals surface area contributed by atoms with Crippen LogP contribution in [-0.4, -0.2) is 48.9 Å². The van der Waals surface area contributed by atoms with Crippen molar-refractivity contribution in [3.05, 3.63) is 116 Å². The van der Waals surface area contributed by atoms with E-state index in [1.54, 1.807) is 26.6 Å². The highest BCUT2D eigenvalue weighted by Gasteiger charge is 2.40. The monoisotopic (exact) mass is 670 g/mol. The van der Waals surface area contributed by atoms with E-state index in [1.165, 1.54) is 22.3 Å². The molecule has 0 amide bonds. The average Bonchev–Trinajstić information content (AvgIpc) is 3.15. The number of ether oxygens (including phenoxy) is 4. The third kappa shape index (κ3) is 5.19. The molecule has 9 rings (SSSR count). The predicted octanol–water partition coefficient (Wildman–Crippen LogP) is 7.79. The molecule has 1 saturated carbocycles. The van der Waals surface area contributed by atoms with Gasteiger partial charge < -0.3 is 29.2 Å². The second-order valence-corrected chi connectivity index (χ2v) is 14.2. The van der Waals surface area contributed by atoms with Crippen LogP contribution in [0.15, 0.2) is 70.6 Å². The molecule has 0 spiro atoms. The van der Waals surface area contributed by atoms with Gasteiger partial charge in [-0.15, -0.1) is 0 Å². The number of rotatable bonds is 6. The molecular weight excluding hydrogens is 628 g/mol. The van der Waals surface area contributed by atoms with Crippen molar-refractivity contribution in [2.75, 3.05) is 14.2 Å². The first kappa shape index (κ1) is 31.3. The Hall–Kier alpha value is -4.66. The van der Waals surface area contributed by atoms with Gasteiger partial charge in [0.1, 0.15) is 23.0 Å². The predicted molar refractivity (Wildman–Crippen MR) is 191 cm³/mol. The number of nitrogens with zero attached hydrogens (tertiary/aromatic N) is 2. The van der Waals surface area contributed by atoms with Gasteiger partial charge in [-0.05, 0) is 47.2 Å². The highest BCUT2D eigenvalue weighted by molar-refractivity contribution is 5.87. The summed E-state index contributed by atoms with van der Waals surface area (Å²) >= 11 is 0. The summed E-state index contributed by atoms with van der Waals surface area (Å²) in [6, 6.07) is 20.5. The van der Waals surface area contributed by atoms with Crippen LogP contribution in [0.3, 0.4) is 0 Å². The number of benzene rings is 4. The second kappa shape index (κ2) is 12.6. The first-order valence-corrected chi connectivity index (χ1v) is 17.9. The lowest BCUT2D eigenvalue weighted by Gasteiger charge is -2.39. The van der Waals surface area contributed by atoms with Gasteiger partial charge in [-0.25, -0.2) is 0 Å². The molecule has 4 heterocycles. The molecule has 4 aliphatic heterocycles. The summed E-state index contributed by atoms with van der Waals surface area (Å²) in [5.74, 6) is 1.94. The van der Waals surface area contributed by atoms with Crippen molar-refractivity contribution in [3.63, 3.8) is 0 Å². The SMILES string of the molecule is COc1cc(C=N[C@@H]2CCCC[C@H]2N=Cc2cc(OC)c3c(c2O)C[C@H]2O[C@@H]3Cc3ccccc32)c(O)c2c1[C@H]1Cc3ccccc3[C@@H](C2)O1. The van der Waals surface area contributed by atoms with Crippen LogP contribution in [0.25, 0.3) is 0 Å². The van der Waals surface area contributed by atoms with E-state index >= 15 is 0 Å². The van der Waals surface area contributed by atoms with E-state index in [2.05, 4.69) is 36.4 Å². The van der Waals surface area contributed by atoms with Crippen LogP contribution in [0.2, 0.25) is 0 Å². The van der Waals surface area contributed by atoms with Gasteiger partial charge in [0, 0.05) is 71.5 Å². The van der Waals surface area contributed by atoms with Crippen molar-refractivity contribution in [2.24, 2.45) is 9.98 Å². The number of aliphatic imine (C=N–C) groups is 2. The molecule has 256 valence electrons. The Morgan fingerprint density at radius 3 is 1.50 bits per heavy atom. The molecule has 0 radical (unpaired) electrons. The number of phenols is 2. The summed E-state index contributed by atoms with van der Waals surface area (Å²) in [5.41, 5.74) is 9.91. The zero-order valence-electron chi connectivity index (χ0n) is 28.5. The lowest BCUT2D eigenvalue weighted by molar-refractivity contribution is -0.0410. The van der Waals surface area contributed by atoms with E-state index in [0.29, 0.717) is 24.0 Å². The fraction of sp³-hybridized carbons (Fsp3) is 0.381. The Kier molecular flexibility index (Phi) is 7.89. The third-order valence-corrected chi connectivity index (χ3v) is 11.5. The van der Waals surface area contributed by atoms with Gasteiger partial charge in [-0.1, -0.05) is 61.4 Å². The molecule has 2 N–H and O–H groups in total.